The lowest BCUT2D eigenvalue weighted by Gasteiger charge is -2.16. The maximum absolute atomic E-state index is 12.6. The van der Waals surface area contributed by atoms with Crippen molar-refractivity contribution >= 4 is 16.6 Å². The summed E-state index contributed by atoms with van der Waals surface area (Å²) in [4.78, 5) is 20.7. The molecule has 0 unspecified atom stereocenters. The van der Waals surface area contributed by atoms with E-state index in [0.717, 1.165) is 23.4 Å². The van der Waals surface area contributed by atoms with Gasteiger partial charge >= 0.3 is 0 Å². The van der Waals surface area contributed by atoms with Crippen LogP contribution in [0.1, 0.15) is 28.4 Å². The van der Waals surface area contributed by atoms with Crippen molar-refractivity contribution in [3.8, 4) is 0 Å². The number of hydrogen-bond acceptors (Lipinski definition) is 2. The Kier molecular flexibility index (Phi) is 5.10. The molecule has 2 aromatic carbocycles. The predicted octanol–water partition coefficient (Wildman–Crippen LogP) is 3.38. The van der Waals surface area contributed by atoms with Gasteiger partial charge < -0.3 is 10.3 Å². The summed E-state index contributed by atoms with van der Waals surface area (Å²) in [5, 5.41) is 3.50. The van der Waals surface area contributed by atoms with Crippen LogP contribution in [-0.2, 0) is 6.54 Å². The van der Waals surface area contributed by atoms with Crippen LogP contribution in [0.5, 0.6) is 0 Å². The third kappa shape index (κ3) is 3.76. The molecule has 0 radical (unpaired) electrons. The highest BCUT2D eigenvalue weighted by Crippen LogP contribution is 2.29. The molecule has 154 valence electrons. The number of hydrogen-bond donors (Lipinski definition) is 2. The van der Waals surface area contributed by atoms with Crippen LogP contribution < -0.4 is 10.9 Å². The number of nitrogens with one attached hydrogen (secondary N) is 1. The molecule has 0 aliphatic carbocycles. The van der Waals surface area contributed by atoms with Crippen molar-refractivity contribution < 1.29 is 5.32 Å². The van der Waals surface area contributed by atoms with Gasteiger partial charge in [-0.05, 0) is 36.2 Å². The number of H-pyrrole nitrogens is 1. The van der Waals surface area contributed by atoms with Gasteiger partial charge in [0.2, 0.25) is 0 Å². The monoisotopic (exact) mass is 409 g/mol. The van der Waals surface area contributed by atoms with E-state index in [4.69, 9.17) is 4.98 Å². The van der Waals surface area contributed by atoms with Crippen LogP contribution in [0.2, 0.25) is 0 Å². The van der Waals surface area contributed by atoms with Gasteiger partial charge in [0.05, 0.1) is 12.5 Å². The van der Waals surface area contributed by atoms with Crippen molar-refractivity contribution in [2.45, 2.75) is 19.4 Å². The lowest BCUT2D eigenvalue weighted by molar-refractivity contribution is -0.672. The normalized spacial score (nSPS) is 12.4. The van der Waals surface area contributed by atoms with Gasteiger partial charge in [-0.2, -0.15) is 0 Å². The molecule has 0 fully saturated rings. The highest BCUT2D eigenvalue weighted by atomic mass is 16.1. The SMILES string of the molecule is Cc1cccc2nc(C[NH2+]C[C@H](c3ccccc3)c3c[nH]c4ccccc34)cc(=O)n12. The molecule has 3 N–H and O–H groups in total. The number of benzene rings is 2. The first-order chi connectivity index (χ1) is 15.2. The van der Waals surface area contributed by atoms with Crippen LogP contribution in [0.3, 0.4) is 0 Å². The third-order valence-corrected chi connectivity index (χ3v) is 5.89. The molecule has 3 aromatic heterocycles. The molecule has 5 heteroatoms. The molecule has 0 aliphatic rings. The van der Waals surface area contributed by atoms with Crippen LogP contribution in [0, 0.1) is 6.92 Å². The van der Waals surface area contributed by atoms with Crippen LogP contribution in [-0.4, -0.2) is 20.9 Å². The number of aryl methyl sites for hydroxylation is 1. The molecular weight excluding hydrogens is 384 g/mol. The molecule has 0 aliphatic heterocycles. The number of aromatic nitrogens is 3. The average molecular weight is 410 g/mol. The maximum Gasteiger partial charge on any atom is 0.258 e. The summed E-state index contributed by atoms with van der Waals surface area (Å²) in [6.07, 6.45) is 2.12. The highest BCUT2D eigenvalue weighted by molar-refractivity contribution is 5.84. The first kappa shape index (κ1) is 19.3. The van der Waals surface area contributed by atoms with Crippen LogP contribution in [0.4, 0.5) is 0 Å². The standard InChI is InChI=1S/C26H24N4O/c1-18-8-7-13-25-29-20(14-26(31)30(18)25)15-27-16-22(19-9-3-2-4-10-19)23-17-28-24-12-6-5-11-21(23)24/h2-14,17,22,27-28H,15-16H2,1H3/p+1/t22-/m1/s1. The van der Waals surface area contributed by atoms with Gasteiger partial charge in [0.15, 0.2) is 0 Å². The van der Waals surface area contributed by atoms with Gasteiger partial charge in [0.1, 0.15) is 17.9 Å². The Hall–Kier alpha value is -3.70. The fourth-order valence-corrected chi connectivity index (χ4v) is 4.38. The minimum Gasteiger partial charge on any atom is -0.361 e. The molecule has 1 atom stereocenters. The smallest absolute Gasteiger partial charge is 0.258 e. The van der Waals surface area contributed by atoms with Crippen LogP contribution in [0.25, 0.3) is 16.6 Å². The largest absolute Gasteiger partial charge is 0.361 e. The van der Waals surface area contributed by atoms with E-state index in [1.165, 1.54) is 16.5 Å². The van der Waals surface area contributed by atoms with Crippen molar-refractivity contribution in [1.82, 2.24) is 14.4 Å². The van der Waals surface area contributed by atoms with E-state index in [0.29, 0.717) is 12.2 Å². The van der Waals surface area contributed by atoms with Crippen molar-refractivity contribution in [3.63, 3.8) is 0 Å². The number of nitrogens with two attached hydrogens (primary N) is 1. The Balaban J connectivity index is 1.42. The number of quaternary nitrogens is 1. The minimum absolute atomic E-state index is 0.0252. The molecule has 31 heavy (non-hydrogen) atoms. The Morgan fingerprint density at radius 2 is 1.81 bits per heavy atom. The van der Waals surface area contributed by atoms with Gasteiger partial charge in [-0.3, -0.25) is 9.20 Å². The second-order valence-electron chi connectivity index (χ2n) is 7.93. The van der Waals surface area contributed by atoms with Gasteiger partial charge in [-0.15, -0.1) is 0 Å². The van der Waals surface area contributed by atoms with Crippen molar-refractivity contribution in [2.75, 3.05) is 6.54 Å². The highest BCUT2D eigenvalue weighted by Gasteiger charge is 2.20. The van der Waals surface area contributed by atoms with Crippen LogP contribution in [0.15, 0.2) is 89.9 Å². The zero-order chi connectivity index (χ0) is 21.2. The quantitative estimate of drug-likeness (QED) is 0.452. The van der Waals surface area contributed by atoms with E-state index in [2.05, 4.69) is 65.0 Å². The summed E-state index contributed by atoms with van der Waals surface area (Å²) >= 11 is 0. The fourth-order valence-electron chi connectivity index (χ4n) is 4.38. The zero-order valence-electron chi connectivity index (χ0n) is 17.5. The topological polar surface area (TPSA) is 66.8 Å². The summed E-state index contributed by atoms with van der Waals surface area (Å²) < 4.78 is 1.65. The molecule has 0 spiro atoms. The molecular formula is C26H25N4O+. The second-order valence-corrected chi connectivity index (χ2v) is 7.93. The number of fused-ring (bicyclic) bond motifs is 2. The van der Waals surface area contributed by atoms with Gasteiger partial charge in [0.25, 0.3) is 5.56 Å². The van der Waals surface area contributed by atoms with E-state index in [-0.39, 0.29) is 11.5 Å². The Bertz CT molecular complexity index is 1400. The average Bonchev–Trinajstić information content (AvgIpc) is 3.21. The number of rotatable bonds is 6. The molecule has 5 aromatic rings. The van der Waals surface area contributed by atoms with Crippen molar-refractivity contribution in [2.24, 2.45) is 0 Å². The maximum atomic E-state index is 12.6. The first-order valence-corrected chi connectivity index (χ1v) is 10.6. The van der Waals surface area contributed by atoms with Crippen molar-refractivity contribution in [1.29, 1.82) is 0 Å². The van der Waals surface area contributed by atoms with E-state index in [1.807, 2.05) is 31.2 Å². The van der Waals surface area contributed by atoms with Gasteiger partial charge in [-0.1, -0.05) is 54.6 Å². The number of aromatic amines is 1. The molecule has 0 bridgehead atoms. The summed E-state index contributed by atoms with van der Waals surface area (Å²) in [6, 6.07) is 26.4. The summed E-state index contributed by atoms with van der Waals surface area (Å²) in [5.41, 5.74) is 6.11. The fraction of sp³-hybridized carbons (Fsp3) is 0.154. The summed E-state index contributed by atoms with van der Waals surface area (Å²) in [7, 11) is 0. The minimum atomic E-state index is -0.0252. The number of para-hydroxylation sites is 1. The van der Waals surface area contributed by atoms with Gasteiger partial charge in [0, 0.05) is 28.9 Å². The van der Waals surface area contributed by atoms with Crippen LogP contribution >= 0.6 is 0 Å². The summed E-state index contributed by atoms with van der Waals surface area (Å²) in [6.45, 7) is 3.44. The number of pyridine rings is 1. The Morgan fingerprint density at radius 3 is 2.68 bits per heavy atom. The second kappa shape index (κ2) is 8.20. The molecule has 5 nitrogen and oxygen atoms in total. The molecule has 0 amide bonds. The molecule has 0 saturated carbocycles. The Labute approximate surface area is 180 Å². The molecule has 3 heterocycles. The molecule has 0 saturated heterocycles. The van der Waals surface area contributed by atoms with E-state index >= 15 is 0 Å². The number of nitrogens with zero attached hydrogens (tertiary/aromatic N) is 2. The van der Waals surface area contributed by atoms with E-state index in [9.17, 15) is 4.79 Å². The van der Waals surface area contributed by atoms with E-state index in [1.54, 1.807) is 10.5 Å². The predicted molar refractivity (Wildman–Crippen MR) is 123 cm³/mol. The Morgan fingerprint density at radius 1 is 1.00 bits per heavy atom. The lowest BCUT2D eigenvalue weighted by atomic mass is 9.91. The summed E-state index contributed by atoms with van der Waals surface area (Å²) in [5.74, 6) is 0.237. The van der Waals surface area contributed by atoms with Gasteiger partial charge in [-0.25, -0.2) is 4.98 Å². The van der Waals surface area contributed by atoms with Crippen molar-refractivity contribution in [3.05, 3.63) is 118 Å². The lowest BCUT2D eigenvalue weighted by Crippen LogP contribution is -2.83. The molecule has 5 rings (SSSR count). The zero-order valence-corrected chi connectivity index (χ0v) is 17.5. The van der Waals surface area contributed by atoms with E-state index < -0.39 is 0 Å². The third-order valence-electron chi connectivity index (χ3n) is 5.89. The first-order valence-electron chi connectivity index (χ1n) is 10.6.